The smallest absolute Gasteiger partial charge is 0.407 e. The van der Waals surface area contributed by atoms with Crippen LogP contribution in [0.1, 0.15) is 29.3 Å². The summed E-state index contributed by atoms with van der Waals surface area (Å²) in [5.41, 5.74) is 1.95. The molecule has 172 valence electrons. The lowest BCUT2D eigenvalue weighted by Gasteiger charge is -2.23. The summed E-state index contributed by atoms with van der Waals surface area (Å²) >= 11 is 3.48. The van der Waals surface area contributed by atoms with Crippen LogP contribution in [0.3, 0.4) is 0 Å². The summed E-state index contributed by atoms with van der Waals surface area (Å²) in [4.78, 5) is 27.1. The molecule has 0 saturated carbocycles. The molecule has 2 amide bonds. The van der Waals surface area contributed by atoms with Gasteiger partial charge in [-0.15, -0.1) is 0 Å². The number of ether oxygens (including phenoxy) is 1. The van der Waals surface area contributed by atoms with E-state index in [1.54, 1.807) is 23.1 Å². The zero-order valence-electron chi connectivity index (χ0n) is 18.3. The van der Waals surface area contributed by atoms with Crippen molar-refractivity contribution in [2.45, 2.75) is 26.5 Å². The molecule has 3 aromatic rings. The second kappa shape index (κ2) is 12.1. The minimum Gasteiger partial charge on any atom is -0.445 e. The Balaban J connectivity index is 1.65. The summed E-state index contributed by atoms with van der Waals surface area (Å²) in [6, 6.07) is 16.8. The highest BCUT2D eigenvalue weighted by molar-refractivity contribution is 9.10. The molecule has 0 unspecified atom stereocenters. The lowest BCUT2D eigenvalue weighted by molar-refractivity contribution is -0.697. The Bertz CT molecular complexity index is 1080. The van der Waals surface area contributed by atoms with Crippen molar-refractivity contribution in [2.24, 2.45) is 0 Å². The second-order valence-electron chi connectivity index (χ2n) is 7.40. The molecule has 0 saturated heterocycles. The normalized spacial score (nSPS) is 10.5. The van der Waals surface area contributed by atoms with Crippen molar-refractivity contribution in [1.29, 1.82) is 0 Å². The number of anilines is 1. The molecule has 1 aromatic heterocycles. The largest absolute Gasteiger partial charge is 0.445 e. The molecule has 0 fully saturated rings. The monoisotopic (exact) mass is 514 g/mol. The number of benzene rings is 2. The van der Waals surface area contributed by atoms with E-state index in [1.807, 2.05) is 47.3 Å². The van der Waals surface area contributed by atoms with E-state index >= 15 is 0 Å². The van der Waals surface area contributed by atoms with Crippen molar-refractivity contribution < 1.29 is 23.3 Å². The van der Waals surface area contributed by atoms with Gasteiger partial charge in [0.2, 0.25) is 0 Å². The number of aryl methyl sites for hydroxylation is 1. The number of hydrogen-bond donors (Lipinski definition) is 1. The Morgan fingerprint density at radius 1 is 1.09 bits per heavy atom. The third-order valence-electron chi connectivity index (χ3n) is 4.82. The summed E-state index contributed by atoms with van der Waals surface area (Å²) in [6.45, 7) is 3.36. The van der Waals surface area contributed by atoms with Gasteiger partial charge in [0.25, 0.3) is 5.91 Å². The van der Waals surface area contributed by atoms with Crippen molar-refractivity contribution in [1.82, 2.24) is 5.32 Å². The zero-order valence-corrected chi connectivity index (χ0v) is 19.9. The van der Waals surface area contributed by atoms with Crippen LogP contribution in [-0.4, -0.2) is 25.1 Å². The van der Waals surface area contributed by atoms with Crippen molar-refractivity contribution in [3.8, 4) is 0 Å². The molecule has 1 N–H and O–H groups in total. The predicted molar refractivity (Wildman–Crippen MR) is 127 cm³/mol. The Labute approximate surface area is 201 Å². The molecule has 0 radical (unpaired) electrons. The highest BCUT2D eigenvalue weighted by Gasteiger charge is 2.21. The third-order valence-corrected chi connectivity index (χ3v) is 5.25. The molecule has 0 spiro atoms. The van der Waals surface area contributed by atoms with Gasteiger partial charge in [-0.2, -0.15) is 0 Å². The first-order valence-electron chi connectivity index (χ1n) is 10.7. The summed E-state index contributed by atoms with van der Waals surface area (Å²) in [7, 11) is 0. The number of pyridine rings is 1. The molecule has 0 aliphatic carbocycles. The first-order chi connectivity index (χ1) is 16.0. The fourth-order valence-corrected chi connectivity index (χ4v) is 3.77. The maximum Gasteiger partial charge on any atom is 0.407 e. The number of amides is 2. The molecule has 8 heteroatoms. The van der Waals surface area contributed by atoms with E-state index in [2.05, 4.69) is 28.2 Å². The van der Waals surface area contributed by atoms with E-state index in [4.69, 9.17) is 4.74 Å². The van der Waals surface area contributed by atoms with E-state index in [-0.39, 0.29) is 31.4 Å². The van der Waals surface area contributed by atoms with Gasteiger partial charge >= 0.3 is 6.09 Å². The lowest BCUT2D eigenvalue weighted by atomic mass is 10.2. The Morgan fingerprint density at radius 3 is 2.52 bits per heavy atom. The highest BCUT2D eigenvalue weighted by atomic mass is 79.9. The molecule has 33 heavy (non-hydrogen) atoms. The molecule has 0 bridgehead atoms. The maximum absolute atomic E-state index is 13.4. The summed E-state index contributed by atoms with van der Waals surface area (Å²) in [5, 5.41) is 2.67. The third kappa shape index (κ3) is 7.39. The van der Waals surface area contributed by atoms with Crippen molar-refractivity contribution in [2.75, 3.05) is 18.0 Å². The van der Waals surface area contributed by atoms with Crippen molar-refractivity contribution in [3.05, 3.63) is 94.5 Å². The van der Waals surface area contributed by atoms with Crippen molar-refractivity contribution >= 4 is 33.6 Å². The maximum atomic E-state index is 13.4. The van der Waals surface area contributed by atoms with Crippen LogP contribution in [0.15, 0.2) is 77.5 Å². The van der Waals surface area contributed by atoms with E-state index in [9.17, 15) is 14.0 Å². The number of nitrogens with one attached hydrogen (secondary N) is 1. The first-order valence-corrected chi connectivity index (χ1v) is 11.5. The van der Waals surface area contributed by atoms with Gasteiger partial charge in [0.15, 0.2) is 12.4 Å². The topological polar surface area (TPSA) is 62.5 Å². The van der Waals surface area contributed by atoms with Crippen LogP contribution >= 0.6 is 15.9 Å². The molecule has 0 atom stereocenters. The van der Waals surface area contributed by atoms with E-state index in [1.165, 1.54) is 12.1 Å². The standard InChI is InChI=1S/C25H25BrFN3O3/c1-2-13-29-16-20(15-21(26)17-29)24(31)30(23-6-4-3-5-7-23)14-12-28-25(32)33-18-19-8-10-22(27)11-9-19/h3-11,15-17H,2,12-14,18H2,1H3/p+1. The molecule has 2 aromatic carbocycles. The number of hydrogen-bond acceptors (Lipinski definition) is 3. The number of alkyl carbamates (subject to hydrolysis) is 1. The molecule has 0 aliphatic heterocycles. The van der Waals surface area contributed by atoms with Crippen LogP contribution in [-0.2, 0) is 17.9 Å². The zero-order chi connectivity index (χ0) is 23.6. The molecular weight excluding hydrogens is 489 g/mol. The minimum atomic E-state index is -0.608. The summed E-state index contributed by atoms with van der Waals surface area (Å²) in [5.74, 6) is -0.520. The van der Waals surface area contributed by atoms with Gasteiger partial charge in [-0.05, 0) is 51.8 Å². The fraction of sp³-hybridized carbons (Fsp3) is 0.240. The number of carbonyl (C=O) groups is 2. The number of aromatic nitrogens is 1. The van der Waals surface area contributed by atoms with Crippen LogP contribution in [0.2, 0.25) is 0 Å². The highest BCUT2D eigenvalue weighted by Crippen LogP contribution is 2.18. The Morgan fingerprint density at radius 2 is 1.82 bits per heavy atom. The number of nitrogens with zero attached hydrogens (tertiary/aromatic N) is 2. The van der Waals surface area contributed by atoms with E-state index in [0.717, 1.165) is 23.1 Å². The fourth-order valence-electron chi connectivity index (χ4n) is 3.26. The van der Waals surface area contributed by atoms with Crippen LogP contribution < -0.4 is 14.8 Å². The molecule has 3 rings (SSSR count). The van der Waals surface area contributed by atoms with Gasteiger partial charge in [0.05, 0.1) is 4.47 Å². The number of halogens is 2. The van der Waals surface area contributed by atoms with Crippen molar-refractivity contribution in [3.63, 3.8) is 0 Å². The number of para-hydroxylation sites is 1. The van der Waals surface area contributed by atoms with Gasteiger partial charge < -0.3 is 15.0 Å². The van der Waals surface area contributed by atoms with E-state index in [0.29, 0.717) is 11.1 Å². The predicted octanol–water partition coefficient (Wildman–Crippen LogP) is 4.86. The van der Waals surface area contributed by atoms with Gasteiger partial charge in [0, 0.05) is 25.2 Å². The molecular formula is C25H26BrFN3O3+. The SMILES string of the molecule is CCC[n+]1cc(Br)cc(C(=O)N(CCNC(=O)OCc2ccc(F)cc2)c2ccccc2)c1. The molecule has 6 nitrogen and oxygen atoms in total. The van der Waals surface area contributed by atoms with Gasteiger partial charge in [-0.3, -0.25) is 4.79 Å². The Kier molecular flexibility index (Phi) is 8.95. The number of rotatable bonds is 9. The molecule has 1 heterocycles. The van der Waals surface area contributed by atoms with Gasteiger partial charge in [-0.1, -0.05) is 37.3 Å². The quantitative estimate of drug-likeness (QED) is 0.414. The van der Waals surface area contributed by atoms with Gasteiger partial charge in [-0.25, -0.2) is 13.8 Å². The van der Waals surface area contributed by atoms with Crippen LogP contribution in [0.5, 0.6) is 0 Å². The van der Waals surface area contributed by atoms with Crippen LogP contribution in [0.25, 0.3) is 0 Å². The first kappa shape index (κ1) is 24.4. The lowest BCUT2D eigenvalue weighted by Crippen LogP contribution is -2.40. The molecule has 0 aliphatic rings. The van der Waals surface area contributed by atoms with E-state index < -0.39 is 6.09 Å². The van der Waals surface area contributed by atoms with Gasteiger partial charge in [0.1, 0.15) is 24.5 Å². The number of carbonyl (C=O) groups excluding carboxylic acids is 2. The Hall–Kier alpha value is -3.26. The minimum absolute atomic E-state index is 0.0307. The average Bonchev–Trinajstić information content (AvgIpc) is 2.81. The second-order valence-corrected chi connectivity index (χ2v) is 8.32. The summed E-state index contributed by atoms with van der Waals surface area (Å²) < 4.78 is 21.0. The summed E-state index contributed by atoms with van der Waals surface area (Å²) in [6.07, 6.45) is 4.10. The average molecular weight is 515 g/mol. The van der Waals surface area contributed by atoms with Crippen LogP contribution in [0.4, 0.5) is 14.9 Å². The van der Waals surface area contributed by atoms with Crippen LogP contribution in [0, 0.1) is 5.82 Å².